The number of aromatic nitrogens is 2. The van der Waals surface area contributed by atoms with Crippen LogP contribution in [0.5, 0.6) is 0 Å². The number of fused-ring (bicyclic) bond motifs is 2. The predicted octanol–water partition coefficient (Wildman–Crippen LogP) is 3.28. The highest BCUT2D eigenvalue weighted by Gasteiger charge is 2.22. The van der Waals surface area contributed by atoms with Crippen molar-refractivity contribution in [2.75, 3.05) is 5.32 Å². The van der Waals surface area contributed by atoms with E-state index >= 15 is 0 Å². The SMILES string of the molecule is Cc1cc2c(cc1C(=O)NCc1cncnc1)NC(O)c1ccccc1S2. The molecule has 0 spiro atoms. The number of nitrogens with zero attached hydrogens (tertiary/aromatic N) is 2. The van der Waals surface area contributed by atoms with Crippen molar-refractivity contribution in [3.63, 3.8) is 0 Å². The van der Waals surface area contributed by atoms with Crippen molar-refractivity contribution in [3.8, 4) is 0 Å². The molecule has 3 aromatic rings. The van der Waals surface area contributed by atoms with Gasteiger partial charge in [-0.25, -0.2) is 9.97 Å². The third kappa shape index (κ3) is 3.65. The molecule has 1 aromatic heterocycles. The van der Waals surface area contributed by atoms with E-state index in [0.29, 0.717) is 12.1 Å². The Labute approximate surface area is 161 Å². The van der Waals surface area contributed by atoms with Crippen LogP contribution in [0.1, 0.15) is 33.3 Å². The number of anilines is 1. The number of benzene rings is 2. The highest BCUT2D eigenvalue weighted by Crippen LogP contribution is 2.42. The van der Waals surface area contributed by atoms with Gasteiger partial charge < -0.3 is 15.7 Å². The third-order valence-electron chi connectivity index (χ3n) is 4.36. The van der Waals surface area contributed by atoms with Crippen LogP contribution in [-0.4, -0.2) is 21.0 Å². The van der Waals surface area contributed by atoms with Gasteiger partial charge in [0, 0.05) is 45.4 Å². The van der Waals surface area contributed by atoms with Gasteiger partial charge in [-0.1, -0.05) is 30.0 Å². The van der Waals surface area contributed by atoms with Crippen LogP contribution in [0.3, 0.4) is 0 Å². The van der Waals surface area contributed by atoms with Crippen molar-refractivity contribution in [1.82, 2.24) is 15.3 Å². The van der Waals surface area contributed by atoms with Crippen LogP contribution in [0.15, 0.2) is 64.9 Å². The smallest absolute Gasteiger partial charge is 0.251 e. The monoisotopic (exact) mass is 378 g/mol. The van der Waals surface area contributed by atoms with Crippen molar-refractivity contribution in [2.45, 2.75) is 29.5 Å². The number of aliphatic hydroxyl groups excluding tert-OH is 1. The van der Waals surface area contributed by atoms with Crippen molar-refractivity contribution in [1.29, 1.82) is 0 Å². The second kappa shape index (κ2) is 7.38. The molecule has 7 heteroatoms. The average molecular weight is 378 g/mol. The Morgan fingerprint density at radius 2 is 2.00 bits per heavy atom. The largest absolute Gasteiger partial charge is 0.369 e. The summed E-state index contributed by atoms with van der Waals surface area (Å²) in [5.41, 5.74) is 3.84. The molecule has 0 saturated heterocycles. The van der Waals surface area contributed by atoms with Gasteiger partial charge in [-0.2, -0.15) is 0 Å². The number of nitrogens with one attached hydrogen (secondary N) is 2. The molecule has 136 valence electrons. The zero-order valence-electron chi connectivity index (χ0n) is 14.6. The Morgan fingerprint density at radius 3 is 2.81 bits per heavy atom. The van der Waals surface area contributed by atoms with Gasteiger partial charge in [0.05, 0.1) is 5.69 Å². The van der Waals surface area contributed by atoms with Gasteiger partial charge in [0.15, 0.2) is 6.23 Å². The quantitative estimate of drug-likeness (QED) is 0.648. The van der Waals surface area contributed by atoms with Crippen molar-refractivity contribution in [2.24, 2.45) is 0 Å². The van der Waals surface area contributed by atoms with Crippen molar-refractivity contribution in [3.05, 3.63) is 77.4 Å². The van der Waals surface area contributed by atoms with Gasteiger partial charge in [0.2, 0.25) is 0 Å². The first-order chi connectivity index (χ1) is 13.1. The number of rotatable bonds is 3. The van der Waals surface area contributed by atoms with E-state index in [1.807, 2.05) is 37.3 Å². The number of aryl methyl sites for hydroxylation is 1. The Hall–Kier alpha value is -2.90. The zero-order valence-corrected chi connectivity index (χ0v) is 15.5. The first-order valence-corrected chi connectivity index (χ1v) is 9.31. The molecule has 2 heterocycles. The van der Waals surface area contributed by atoms with Crippen LogP contribution in [0, 0.1) is 6.92 Å². The second-order valence-electron chi connectivity index (χ2n) is 6.28. The summed E-state index contributed by atoms with van der Waals surface area (Å²) in [5.74, 6) is -0.179. The first kappa shape index (κ1) is 17.5. The van der Waals surface area contributed by atoms with Crippen LogP contribution in [0.2, 0.25) is 0 Å². The van der Waals surface area contributed by atoms with E-state index in [4.69, 9.17) is 0 Å². The molecule has 0 bridgehead atoms. The minimum atomic E-state index is -0.824. The molecule has 2 aromatic carbocycles. The van der Waals surface area contributed by atoms with Gasteiger partial charge in [0.25, 0.3) is 5.91 Å². The molecule has 4 rings (SSSR count). The molecule has 0 fully saturated rings. The topological polar surface area (TPSA) is 87.1 Å². The lowest BCUT2D eigenvalue weighted by molar-refractivity contribution is 0.0950. The molecule has 0 saturated carbocycles. The summed E-state index contributed by atoms with van der Waals surface area (Å²) in [6.45, 7) is 2.26. The summed E-state index contributed by atoms with van der Waals surface area (Å²) in [4.78, 5) is 22.5. The van der Waals surface area contributed by atoms with E-state index in [1.165, 1.54) is 6.33 Å². The van der Waals surface area contributed by atoms with E-state index in [2.05, 4.69) is 20.6 Å². The third-order valence-corrected chi connectivity index (χ3v) is 5.51. The fraction of sp³-hybridized carbons (Fsp3) is 0.150. The number of aliphatic hydroxyl groups is 1. The van der Waals surface area contributed by atoms with Crippen LogP contribution < -0.4 is 10.6 Å². The van der Waals surface area contributed by atoms with Gasteiger partial charge in [-0.05, 0) is 30.7 Å². The predicted molar refractivity (Wildman–Crippen MR) is 104 cm³/mol. The molecule has 1 atom stereocenters. The number of carbonyl (C=O) groups excluding carboxylic acids is 1. The lowest BCUT2D eigenvalue weighted by atomic mass is 10.1. The summed E-state index contributed by atoms with van der Waals surface area (Å²) >= 11 is 1.58. The second-order valence-corrected chi connectivity index (χ2v) is 7.36. The molecule has 1 unspecified atom stereocenters. The molecule has 6 nitrogen and oxygen atoms in total. The summed E-state index contributed by atoms with van der Waals surface area (Å²) in [5, 5.41) is 16.5. The summed E-state index contributed by atoms with van der Waals surface area (Å²) in [6, 6.07) is 11.5. The number of hydrogen-bond acceptors (Lipinski definition) is 6. The van der Waals surface area contributed by atoms with Crippen LogP contribution in [-0.2, 0) is 6.54 Å². The number of carbonyl (C=O) groups is 1. The maximum Gasteiger partial charge on any atom is 0.251 e. The number of amides is 1. The van der Waals surface area contributed by atoms with Crippen molar-refractivity contribution < 1.29 is 9.90 Å². The first-order valence-electron chi connectivity index (χ1n) is 8.50. The maximum absolute atomic E-state index is 12.7. The standard InChI is InChI=1S/C20H18N4O2S/c1-12-6-18-16(24-20(26)14-4-2-3-5-17(14)27-18)7-15(12)19(25)23-10-13-8-21-11-22-9-13/h2-9,11,20,24,26H,10H2,1H3,(H,23,25). The lowest BCUT2D eigenvalue weighted by Gasteiger charge is -2.15. The minimum Gasteiger partial charge on any atom is -0.369 e. The average Bonchev–Trinajstić information content (AvgIpc) is 2.82. The van der Waals surface area contributed by atoms with Gasteiger partial charge in [-0.15, -0.1) is 0 Å². The van der Waals surface area contributed by atoms with Crippen molar-refractivity contribution >= 4 is 23.4 Å². The Morgan fingerprint density at radius 1 is 1.22 bits per heavy atom. The molecule has 0 aliphatic carbocycles. The zero-order chi connectivity index (χ0) is 18.8. The summed E-state index contributed by atoms with van der Waals surface area (Å²) < 4.78 is 0. The van der Waals surface area contributed by atoms with Gasteiger partial charge in [-0.3, -0.25) is 4.79 Å². The molecule has 3 N–H and O–H groups in total. The van der Waals surface area contributed by atoms with E-state index in [-0.39, 0.29) is 5.91 Å². The molecule has 1 amide bonds. The molecular weight excluding hydrogens is 360 g/mol. The molecular formula is C20H18N4O2S. The highest BCUT2D eigenvalue weighted by atomic mass is 32.2. The van der Waals surface area contributed by atoms with Gasteiger partial charge in [0.1, 0.15) is 6.33 Å². The normalized spacial score (nSPS) is 15.1. The molecule has 0 radical (unpaired) electrons. The fourth-order valence-corrected chi connectivity index (χ4v) is 4.11. The molecule has 1 aliphatic heterocycles. The Bertz CT molecular complexity index is 995. The Balaban J connectivity index is 1.60. The minimum absolute atomic E-state index is 0.179. The van der Waals surface area contributed by atoms with Gasteiger partial charge >= 0.3 is 0 Å². The Kier molecular flexibility index (Phi) is 4.79. The summed E-state index contributed by atoms with van der Waals surface area (Å²) in [6.07, 6.45) is 3.97. The lowest BCUT2D eigenvalue weighted by Crippen LogP contribution is -2.24. The van der Waals surface area contributed by atoms with E-state index in [1.54, 1.807) is 30.2 Å². The van der Waals surface area contributed by atoms with Crippen LogP contribution in [0.25, 0.3) is 0 Å². The summed E-state index contributed by atoms with van der Waals surface area (Å²) in [7, 11) is 0. The molecule has 27 heavy (non-hydrogen) atoms. The van der Waals surface area contributed by atoms with E-state index < -0.39 is 6.23 Å². The maximum atomic E-state index is 12.7. The van der Waals surface area contributed by atoms with Crippen LogP contribution in [0.4, 0.5) is 5.69 Å². The van der Waals surface area contributed by atoms with E-state index in [9.17, 15) is 9.90 Å². The van der Waals surface area contributed by atoms with Crippen LogP contribution >= 0.6 is 11.8 Å². The van der Waals surface area contributed by atoms with E-state index in [0.717, 1.165) is 32.2 Å². The highest BCUT2D eigenvalue weighted by molar-refractivity contribution is 7.99. The molecule has 1 aliphatic rings. The number of hydrogen-bond donors (Lipinski definition) is 3. The fourth-order valence-electron chi connectivity index (χ4n) is 2.97.